The van der Waals surface area contributed by atoms with Gasteiger partial charge in [-0.15, -0.1) is 0 Å². The second-order valence-corrected chi connectivity index (χ2v) is 6.34. The molecule has 5 heteroatoms. The highest BCUT2D eigenvalue weighted by Crippen LogP contribution is 2.36. The van der Waals surface area contributed by atoms with Crippen LogP contribution in [0.5, 0.6) is 0 Å². The van der Waals surface area contributed by atoms with Crippen LogP contribution in [0, 0.1) is 0 Å². The van der Waals surface area contributed by atoms with Gasteiger partial charge in [0.1, 0.15) is 5.69 Å². The number of oxazole rings is 1. The highest BCUT2D eigenvalue weighted by atomic mass is 32.2. The van der Waals surface area contributed by atoms with Gasteiger partial charge in [0.15, 0.2) is 5.76 Å². The minimum atomic E-state index is -0.402. The van der Waals surface area contributed by atoms with Crippen molar-refractivity contribution in [3.63, 3.8) is 0 Å². The van der Waals surface area contributed by atoms with E-state index in [9.17, 15) is 4.79 Å². The molecular weight excluding hydrogens is 308 g/mol. The molecule has 0 saturated carbocycles. The maximum Gasteiger partial charge on any atom is 0.257 e. The number of carbonyl (C=O) groups excluding carboxylic acids is 1. The first kappa shape index (κ1) is 15.4. The number of amides is 1. The van der Waals surface area contributed by atoms with Crippen molar-refractivity contribution in [3.05, 3.63) is 60.7 Å². The Balaban J connectivity index is 2.06. The average Bonchev–Trinajstić information content (AvgIpc) is 3.00. The van der Waals surface area contributed by atoms with E-state index in [1.165, 1.54) is 11.8 Å². The van der Waals surface area contributed by atoms with E-state index in [1.54, 1.807) is 6.92 Å². The zero-order valence-corrected chi connectivity index (χ0v) is 13.4. The van der Waals surface area contributed by atoms with E-state index in [4.69, 9.17) is 10.2 Å². The fraction of sp³-hybridized carbons (Fsp3) is 0.111. The lowest BCUT2D eigenvalue weighted by Crippen LogP contribution is -2.22. The second-order valence-electron chi connectivity index (χ2n) is 5.05. The fourth-order valence-corrected chi connectivity index (χ4v) is 2.83. The summed E-state index contributed by atoms with van der Waals surface area (Å²) in [6, 6.07) is 19.6. The monoisotopic (exact) mass is 324 g/mol. The van der Waals surface area contributed by atoms with Gasteiger partial charge in [-0.1, -0.05) is 72.4 Å². The first-order chi connectivity index (χ1) is 11.1. The van der Waals surface area contributed by atoms with Crippen LogP contribution in [-0.2, 0) is 4.79 Å². The van der Waals surface area contributed by atoms with Gasteiger partial charge in [0, 0.05) is 11.1 Å². The molecular formula is C18H16N2O2S. The van der Waals surface area contributed by atoms with E-state index in [-0.39, 0.29) is 0 Å². The molecule has 0 radical (unpaired) electrons. The molecule has 1 amide bonds. The Kier molecular flexibility index (Phi) is 4.48. The molecule has 0 aliphatic heterocycles. The minimum Gasteiger partial charge on any atom is -0.431 e. The number of benzene rings is 2. The number of primary amides is 1. The topological polar surface area (TPSA) is 69.1 Å². The Labute approximate surface area is 138 Å². The Morgan fingerprint density at radius 3 is 2.17 bits per heavy atom. The lowest BCUT2D eigenvalue weighted by Gasteiger charge is -2.01. The normalized spacial score (nSPS) is 12.0. The van der Waals surface area contributed by atoms with Crippen molar-refractivity contribution < 1.29 is 9.21 Å². The maximum absolute atomic E-state index is 11.3. The molecule has 2 aromatic carbocycles. The lowest BCUT2D eigenvalue weighted by atomic mass is 10.1. The number of nitrogens with zero attached hydrogens (tertiary/aromatic N) is 1. The number of hydrogen-bond acceptors (Lipinski definition) is 4. The zero-order valence-electron chi connectivity index (χ0n) is 12.6. The molecule has 0 spiro atoms. The van der Waals surface area contributed by atoms with Crippen LogP contribution in [0.2, 0.25) is 0 Å². The Hall–Kier alpha value is -2.53. The van der Waals surface area contributed by atoms with E-state index in [0.29, 0.717) is 11.0 Å². The predicted octanol–water partition coefficient (Wildman–Crippen LogP) is 3.97. The highest BCUT2D eigenvalue weighted by Gasteiger charge is 2.20. The summed E-state index contributed by atoms with van der Waals surface area (Å²) in [7, 11) is 0. The van der Waals surface area contributed by atoms with Crippen molar-refractivity contribution in [1.29, 1.82) is 0 Å². The van der Waals surface area contributed by atoms with Crippen LogP contribution < -0.4 is 5.73 Å². The molecule has 3 rings (SSSR count). The number of rotatable bonds is 5. The summed E-state index contributed by atoms with van der Waals surface area (Å²) < 4.78 is 5.92. The molecule has 0 aliphatic rings. The van der Waals surface area contributed by atoms with Crippen molar-refractivity contribution in [1.82, 2.24) is 4.98 Å². The third-order valence-electron chi connectivity index (χ3n) is 3.37. The molecule has 2 N–H and O–H groups in total. The standard InChI is InChI=1S/C18H16N2O2S/c1-12(17(19)21)23-18-20-15(13-8-4-2-5-9-13)16(22-18)14-10-6-3-7-11-14/h2-12H,1H3,(H2,19,21). The Morgan fingerprint density at radius 1 is 1.04 bits per heavy atom. The summed E-state index contributed by atoms with van der Waals surface area (Å²) in [5.74, 6) is 0.298. The highest BCUT2D eigenvalue weighted by molar-refractivity contribution is 8.00. The van der Waals surface area contributed by atoms with Crippen LogP contribution >= 0.6 is 11.8 Å². The fourth-order valence-electron chi connectivity index (χ4n) is 2.14. The molecule has 0 fully saturated rings. The van der Waals surface area contributed by atoms with Gasteiger partial charge in [0.05, 0.1) is 5.25 Å². The van der Waals surface area contributed by atoms with E-state index in [2.05, 4.69) is 4.98 Å². The molecule has 0 saturated heterocycles. The van der Waals surface area contributed by atoms with Gasteiger partial charge in [-0.3, -0.25) is 4.79 Å². The number of thioether (sulfide) groups is 1. The Morgan fingerprint density at radius 2 is 1.61 bits per heavy atom. The van der Waals surface area contributed by atoms with Crippen LogP contribution in [-0.4, -0.2) is 16.1 Å². The molecule has 0 bridgehead atoms. The molecule has 0 aliphatic carbocycles. The van der Waals surface area contributed by atoms with E-state index >= 15 is 0 Å². The summed E-state index contributed by atoms with van der Waals surface area (Å²) >= 11 is 1.22. The van der Waals surface area contributed by atoms with Gasteiger partial charge < -0.3 is 10.2 Å². The summed E-state index contributed by atoms with van der Waals surface area (Å²) in [4.78, 5) is 15.8. The second kappa shape index (κ2) is 6.71. The van der Waals surface area contributed by atoms with E-state index < -0.39 is 11.2 Å². The molecule has 116 valence electrons. The van der Waals surface area contributed by atoms with Crippen molar-refractivity contribution in [2.45, 2.75) is 17.4 Å². The number of aromatic nitrogens is 1. The van der Waals surface area contributed by atoms with Gasteiger partial charge >= 0.3 is 0 Å². The number of carbonyl (C=O) groups is 1. The minimum absolute atomic E-state index is 0.393. The SMILES string of the molecule is CC(Sc1nc(-c2ccccc2)c(-c2ccccc2)o1)C(N)=O. The molecule has 1 unspecified atom stereocenters. The summed E-state index contributed by atoms with van der Waals surface area (Å²) in [5, 5.41) is 0.0369. The van der Waals surface area contributed by atoms with Crippen molar-refractivity contribution in [2.24, 2.45) is 5.73 Å². The van der Waals surface area contributed by atoms with Crippen LogP contribution in [0.1, 0.15) is 6.92 Å². The molecule has 23 heavy (non-hydrogen) atoms. The largest absolute Gasteiger partial charge is 0.431 e. The van der Waals surface area contributed by atoms with Crippen LogP contribution in [0.3, 0.4) is 0 Å². The van der Waals surface area contributed by atoms with Gasteiger partial charge in [-0.2, -0.15) is 0 Å². The van der Waals surface area contributed by atoms with Crippen molar-refractivity contribution in [3.8, 4) is 22.6 Å². The quantitative estimate of drug-likeness (QED) is 0.721. The van der Waals surface area contributed by atoms with Crippen molar-refractivity contribution in [2.75, 3.05) is 0 Å². The van der Waals surface area contributed by atoms with Crippen LogP contribution in [0.4, 0.5) is 0 Å². The van der Waals surface area contributed by atoms with Crippen LogP contribution in [0.15, 0.2) is 70.3 Å². The van der Waals surface area contributed by atoms with Gasteiger partial charge in [0.25, 0.3) is 5.22 Å². The molecule has 3 aromatic rings. The predicted molar refractivity (Wildman–Crippen MR) is 91.9 cm³/mol. The van der Waals surface area contributed by atoms with Gasteiger partial charge in [0.2, 0.25) is 5.91 Å². The summed E-state index contributed by atoms with van der Waals surface area (Å²) in [5.41, 5.74) is 7.99. The number of nitrogens with two attached hydrogens (primary N) is 1. The van der Waals surface area contributed by atoms with Crippen LogP contribution in [0.25, 0.3) is 22.6 Å². The third kappa shape index (κ3) is 3.46. The first-order valence-electron chi connectivity index (χ1n) is 7.23. The van der Waals surface area contributed by atoms with E-state index in [1.807, 2.05) is 60.7 Å². The van der Waals surface area contributed by atoms with Crippen molar-refractivity contribution >= 4 is 17.7 Å². The smallest absolute Gasteiger partial charge is 0.257 e. The summed E-state index contributed by atoms with van der Waals surface area (Å²) in [6.45, 7) is 1.74. The average molecular weight is 324 g/mol. The Bertz CT molecular complexity index is 743. The number of hydrogen-bond donors (Lipinski definition) is 1. The first-order valence-corrected chi connectivity index (χ1v) is 8.11. The van der Waals surface area contributed by atoms with E-state index in [0.717, 1.165) is 16.8 Å². The molecule has 1 aromatic heterocycles. The molecule has 1 heterocycles. The van der Waals surface area contributed by atoms with Gasteiger partial charge in [-0.05, 0) is 6.92 Å². The lowest BCUT2D eigenvalue weighted by molar-refractivity contribution is -0.117. The molecule has 1 atom stereocenters. The zero-order chi connectivity index (χ0) is 16.2. The maximum atomic E-state index is 11.3. The molecule has 4 nitrogen and oxygen atoms in total. The third-order valence-corrected chi connectivity index (χ3v) is 4.33. The summed E-state index contributed by atoms with van der Waals surface area (Å²) in [6.07, 6.45) is 0. The van der Waals surface area contributed by atoms with Gasteiger partial charge in [-0.25, -0.2) is 4.98 Å².